The molecule has 0 unspecified atom stereocenters. The molecule has 3 heterocycles. The van der Waals surface area contributed by atoms with Crippen molar-refractivity contribution in [3.8, 4) is 0 Å². The quantitative estimate of drug-likeness (QED) is 0.722. The summed E-state index contributed by atoms with van der Waals surface area (Å²) in [5.74, 6) is 0.715. The summed E-state index contributed by atoms with van der Waals surface area (Å²) in [6.45, 7) is 1.29. The van der Waals surface area contributed by atoms with Crippen LogP contribution in [0.4, 0.5) is 16.0 Å². The van der Waals surface area contributed by atoms with Crippen molar-refractivity contribution in [2.45, 2.75) is 12.5 Å². The third-order valence-corrected chi connectivity index (χ3v) is 4.52. The number of aromatic nitrogens is 4. The standard InChI is InChI=1S/C17H17FN6O2/c1-23-16(25)7-15(22-17(23)26)24-5-4-11(9-24)20-14-8-19-12-3-2-10(18)6-13(12)21-14/h2-3,6-8,11H,4-5,9H2,1H3,(H,20,21)(H,22,26)/t11-/m1/s1. The van der Waals surface area contributed by atoms with Crippen molar-refractivity contribution < 1.29 is 4.39 Å². The number of benzene rings is 1. The SMILES string of the molecule is Cn1c(=O)cc(N2CC[C@@H](Nc3cnc4ccc(F)cc4n3)C2)[nH]c1=O. The van der Waals surface area contributed by atoms with Crippen LogP contribution >= 0.6 is 0 Å². The average molecular weight is 356 g/mol. The van der Waals surface area contributed by atoms with Crippen molar-refractivity contribution >= 4 is 22.7 Å². The summed E-state index contributed by atoms with van der Waals surface area (Å²) in [5, 5.41) is 3.28. The van der Waals surface area contributed by atoms with E-state index >= 15 is 0 Å². The van der Waals surface area contributed by atoms with E-state index in [1.807, 2.05) is 4.90 Å². The van der Waals surface area contributed by atoms with Crippen LogP contribution < -0.4 is 21.5 Å². The highest BCUT2D eigenvalue weighted by atomic mass is 19.1. The van der Waals surface area contributed by atoms with Crippen molar-refractivity contribution in [1.29, 1.82) is 0 Å². The van der Waals surface area contributed by atoms with E-state index in [2.05, 4.69) is 20.3 Å². The Kier molecular flexibility index (Phi) is 3.90. The molecule has 9 heteroatoms. The van der Waals surface area contributed by atoms with Gasteiger partial charge in [-0.05, 0) is 18.6 Å². The molecule has 1 saturated heterocycles. The minimum Gasteiger partial charge on any atom is -0.364 e. The maximum absolute atomic E-state index is 13.4. The Morgan fingerprint density at radius 2 is 2.12 bits per heavy atom. The van der Waals surface area contributed by atoms with Crippen LogP contribution in [-0.2, 0) is 7.05 Å². The first-order valence-corrected chi connectivity index (χ1v) is 8.24. The molecular weight excluding hydrogens is 339 g/mol. The van der Waals surface area contributed by atoms with Gasteiger partial charge < -0.3 is 10.2 Å². The molecule has 0 aliphatic carbocycles. The van der Waals surface area contributed by atoms with Crippen LogP contribution in [-0.4, -0.2) is 38.7 Å². The number of halogens is 1. The average Bonchev–Trinajstić information content (AvgIpc) is 3.07. The second kappa shape index (κ2) is 6.25. The van der Waals surface area contributed by atoms with E-state index in [0.717, 1.165) is 11.0 Å². The molecule has 4 rings (SSSR count). The second-order valence-corrected chi connectivity index (χ2v) is 6.32. The van der Waals surface area contributed by atoms with Crippen LogP contribution in [0.2, 0.25) is 0 Å². The second-order valence-electron chi connectivity index (χ2n) is 6.32. The highest BCUT2D eigenvalue weighted by molar-refractivity contribution is 5.75. The summed E-state index contributed by atoms with van der Waals surface area (Å²) in [4.78, 5) is 36.9. The van der Waals surface area contributed by atoms with Gasteiger partial charge in [-0.25, -0.2) is 14.2 Å². The Hall–Kier alpha value is -3.23. The molecule has 0 amide bonds. The summed E-state index contributed by atoms with van der Waals surface area (Å²) >= 11 is 0. The highest BCUT2D eigenvalue weighted by Gasteiger charge is 2.24. The van der Waals surface area contributed by atoms with Crippen molar-refractivity contribution in [1.82, 2.24) is 19.5 Å². The molecule has 2 aromatic heterocycles. The molecule has 1 aliphatic rings. The Morgan fingerprint density at radius 3 is 2.92 bits per heavy atom. The minimum absolute atomic E-state index is 0.0721. The monoisotopic (exact) mass is 356 g/mol. The van der Waals surface area contributed by atoms with Gasteiger partial charge >= 0.3 is 5.69 Å². The van der Waals surface area contributed by atoms with Crippen LogP contribution in [0.3, 0.4) is 0 Å². The normalized spacial score (nSPS) is 17.0. The number of nitrogens with zero attached hydrogens (tertiary/aromatic N) is 4. The number of hydrogen-bond acceptors (Lipinski definition) is 6. The molecule has 0 radical (unpaired) electrons. The fraction of sp³-hybridized carbons (Fsp3) is 0.294. The van der Waals surface area contributed by atoms with Crippen molar-refractivity contribution in [2.24, 2.45) is 7.05 Å². The van der Waals surface area contributed by atoms with E-state index in [1.54, 1.807) is 12.3 Å². The minimum atomic E-state index is -0.439. The molecule has 0 spiro atoms. The number of anilines is 2. The van der Waals surface area contributed by atoms with Gasteiger partial charge in [0.05, 0.1) is 17.2 Å². The third kappa shape index (κ3) is 3.03. The first-order chi connectivity index (χ1) is 12.5. The summed E-state index contributed by atoms with van der Waals surface area (Å²) in [6, 6.07) is 5.78. The predicted molar refractivity (Wildman–Crippen MR) is 96.0 cm³/mol. The van der Waals surface area contributed by atoms with Crippen LogP contribution in [0.5, 0.6) is 0 Å². The molecule has 0 bridgehead atoms. The zero-order valence-electron chi connectivity index (χ0n) is 14.1. The number of rotatable bonds is 3. The number of H-pyrrole nitrogens is 1. The van der Waals surface area contributed by atoms with Crippen LogP contribution in [0.15, 0.2) is 40.1 Å². The van der Waals surface area contributed by atoms with E-state index in [-0.39, 0.29) is 17.4 Å². The van der Waals surface area contributed by atoms with Gasteiger partial charge in [0.25, 0.3) is 5.56 Å². The van der Waals surface area contributed by atoms with Crippen LogP contribution in [0.25, 0.3) is 11.0 Å². The van der Waals surface area contributed by atoms with E-state index in [4.69, 9.17) is 0 Å². The van der Waals surface area contributed by atoms with E-state index in [1.165, 1.54) is 25.2 Å². The van der Waals surface area contributed by atoms with Crippen molar-refractivity contribution in [3.05, 3.63) is 57.1 Å². The predicted octanol–water partition coefficient (Wildman–Crippen LogP) is 0.847. The summed E-state index contributed by atoms with van der Waals surface area (Å²) in [7, 11) is 1.43. The Labute approximate surface area is 147 Å². The van der Waals surface area contributed by atoms with Gasteiger partial charge in [-0.2, -0.15) is 0 Å². The van der Waals surface area contributed by atoms with Gasteiger partial charge in [-0.3, -0.25) is 19.3 Å². The third-order valence-electron chi connectivity index (χ3n) is 4.52. The molecule has 3 aromatic rings. The van der Waals surface area contributed by atoms with Crippen LogP contribution in [0.1, 0.15) is 6.42 Å². The maximum Gasteiger partial charge on any atom is 0.329 e. The topological polar surface area (TPSA) is 95.9 Å². The highest BCUT2D eigenvalue weighted by Crippen LogP contribution is 2.20. The van der Waals surface area contributed by atoms with Crippen molar-refractivity contribution in [2.75, 3.05) is 23.3 Å². The molecule has 1 aliphatic heterocycles. The van der Waals surface area contributed by atoms with Gasteiger partial charge in [-0.15, -0.1) is 0 Å². The molecule has 134 valence electrons. The lowest BCUT2D eigenvalue weighted by atomic mass is 10.2. The lowest BCUT2D eigenvalue weighted by molar-refractivity contribution is 0.629. The molecule has 26 heavy (non-hydrogen) atoms. The molecule has 0 saturated carbocycles. The van der Waals surface area contributed by atoms with E-state index < -0.39 is 5.69 Å². The number of aromatic amines is 1. The lowest BCUT2D eigenvalue weighted by Crippen LogP contribution is -2.35. The molecular formula is C17H17FN6O2. The fourth-order valence-electron chi connectivity index (χ4n) is 3.07. The summed E-state index contributed by atoms with van der Waals surface area (Å²) in [6.07, 6.45) is 2.42. The number of fused-ring (bicyclic) bond motifs is 1. The van der Waals surface area contributed by atoms with Gasteiger partial charge in [0.1, 0.15) is 17.5 Å². The number of hydrogen-bond donors (Lipinski definition) is 2. The van der Waals surface area contributed by atoms with Gasteiger partial charge in [-0.1, -0.05) is 0 Å². The van der Waals surface area contributed by atoms with E-state index in [0.29, 0.717) is 35.8 Å². The maximum atomic E-state index is 13.4. The lowest BCUT2D eigenvalue weighted by Gasteiger charge is -2.18. The summed E-state index contributed by atoms with van der Waals surface area (Å²) < 4.78 is 14.4. The Balaban J connectivity index is 1.51. The summed E-state index contributed by atoms with van der Waals surface area (Å²) in [5.41, 5.74) is 0.331. The number of nitrogens with one attached hydrogen (secondary N) is 2. The first-order valence-electron chi connectivity index (χ1n) is 8.24. The molecule has 1 fully saturated rings. The van der Waals surface area contributed by atoms with Crippen LogP contribution in [0, 0.1) is 5.82 Å². The molecule has 1 aromatic carbocycles. The molecule has 8 nitrogen and oxygen atoms in total. The molecule has 1 atom stereocenters. The Bertz CT molecular complexity index is 1060. The van der Waals surface area contributed by atoms with Gasteiger partial charge in [0, 0.05) is 38.3 Å². The fourth-order valence-corrected chi connectivity index (χ4v) is 3.07. The smallest absolute Gasteiger partial charge is 0.329 e. The zero-order chi connectivity index (χ0) is 18.3. The zero-order valence-corrected chi connectivity index (χ0v) is 14.1. The molecule has 2 N–H and O–H groups in total. The van der Waals surface area contributed by atoms with E-state index in [9.17, 15) is 14.0 Å². The van der Waals surface area contributed by atoms with Gasteiger partial charge in [0.2, 0.25) is 0 Å². The Morgan fingerprint density at radius 1 is 1.27 bits per heavy atom. The van der Waals surface area contributed by atoms with Gasteiger partial charge in [0.15, 0.2) is 0 Å². The first kappa shape index (κ1) is 16.2. The largest absolute Gasteiger partial charge is 0.364 e. The van der Waals surface area contributed by atoms with Crippen molar-refractivity contribution in [3.63, 3.8) is 0 Å².